The van der Waals surface area contributed by atoms with Crippen molar-refractivity contribution in [3.63, 3.8) is 0 Å². The summed E-state index contributed by atoms with van der Waals surface area (Å²) in [4.78, 5) is 23.5. The summed E-state index contributed by atoms with van der Waals surface area (Å²) in [6.45, 7) is 0. The predicted octanol–water partition coefficient (Wildman–Crippen LogP) is 6.76. The van der Waals surface area contributed by atoms with Crippen molar-refractivity contribution in [2.75, 3.05) is 0 Å². The van der Waals surface area contributed by atoms with Crippen molar-refractivity contribution in [1.82, 2.24) is 29.5 Å². The summed E-state index contributed by atoms with van der Waals surface area (Å²) in [6, 6.07) is 32.4. The summed E-state index contributed by atoms with van der Waals surface area (Å²) >= 11 is 0. The number of hydrogen-bond acceptors (Lipinski definition) is 5. The molecule has 0 amide bonds. The van der Waals surface area contributed by atoms with E-state index >= 15 is 0 Å². The zero-order chi connectivity index (χ0) is 24.6. The molecule has 6 heteroatoms. The average molecular weight is 477 g/mol. The minimum absolute atomic E-state index is 0.630. The molecule has 0 bridgehead atoms. The minimum atomic E-state index is 0.630. The summed E-state index contributed by atoms with van der Waals surface area (Å²) in [6.07, 6.45) is 7.28. The van der Waals surface area contributed by atoms with E-state index < -0.39 is 0 Å². The van der Waals surface area contributed by atoms with Crippen molar-refractivity contribution in [1.29, 1.82) is 0 Å². The van der Waals surface area contributed by atoms with Crippen LogP contribution in [0.1, 0.15) is 0 Å². The first-order valence-electron chi connectivity index (χ1n) is 12.0. The van der Waals surface area contributed by atoms with Crippen LogP contribution in [0.15, 0.2) is 122 Å². The van der Waals surface area contributed by atoms with Crippen molar-refractivity contribution in [2.24, 2.45) is 0 Å². The molecular formula is C31H20N6. The number of nitrogens with zero attached hydrogens (tertiary/aromatic N) is 6. The molecule has 0 atom stereocenters. The third-order valence-electron chi connectivity index (χ3n) is 6.43. The molecule has 0 unspecified atom stereocenters. The predicted molar refractivity (Wildman–Crippen MR) is 146 cm³/mol. The summed E-state index contributed by atoms with van der Waals surface area (Å²) < 4.78 is 2.11. The van der Waals surface area contributed by atoms with Crippen LogP contribution < -0.4 is 0 Å². The zero-order valence-electron chi connectivity index (χ0n) is 19.7. The van der Waals surface area contributed by atoms with Gasteiger partial charge in [0, 0.05) is 41.1 Å². The van der Waals surface area contributed by atoms with Gasteiger partial charge in [0.15, 0.2) is 0 Å². The first-order chi connectivity index (χ1) is 18.3. The second-order valence-electron chi connectivity index (χ2n) is 8.70. The van der Waals surface area contributed by atoms with Gasteiger partial charge in [-0.2, -0.15) is 0 Å². The van der Waals surface area contributed by atoms with E-state index in [9.17, 15) is 0 Å². The average Bonchev–Trinajstić information content (AvgIpc) is 3.32. The third kappa shape index (κ3) is 3.72. The zero-order valence-corrected chi connectivity index (χ0v) is 19.7. The molecule has 0 aliphatic heterocycles. The van der Waals surface area contributed by atoms with Crippen LogP contribution in [0.25, 0.3) is 61.7 Å². The van der Waals surface area contributed by atoms with Gasteiger partial charge in [-0.25, -0.2) is 15.0 Å². The largest absolute Gasteiger partial charge is 0.278 e. The lowest BCUT2D eigenvalue weighted by atomic mass is 10.1. The van der Waals surface area contributed by atoms with Crippen LogP contribution in [0.2, 0.25) is 0 Å². The van der Waals surface area contributed by atoms with Crippen LogP contribution in [0, 0.1) is 0 Å². The molecular weight excluding hydrogens is 456 g/mol. The van der Waals surface area contributed by atoms with E-state index in [1.807, 2.05) is 73.1 Å². The summed E-state index contributed by atoms with van der Waals surface area (Å²) in [5.41, 5.74) is 7.13. The first kappa shape index (κ1) is 21.1. The van der Waals surface area contributed by atoms with Gasteiger partial charge in [0.05, 0.1) is 33.8 Å². The SMILES string of the molecule is c1ccc(-c2cc(-c3cnc(-n4c5ccccc5c5ccccc54)nc3)cc(-c3ccccn3)n2)nc1. The Labute approximate surface area is 213 Å². The van der Waals surface area contributed by atoms with Crippen molar-refractivity contribution in [3.8, 4) is 39.9 Å². The Balaban J connectivity index is 1.37. The fourth-order valence-corrected chi connectivity index (χ4v) is 4.71. The molecule has 0 saturated heterocycles. The fraction of sp³-hybridized carbons (Fsp3) is 0. The van der Waals surface area contributed by atoms with Gasteiger partial charge in [-0.3, -0.25) is 14.5 Å². The molecule has 5 heterocycles. The monoisotopic (exact) mass is 476 g/mol. The molecule has 174 valence electrons. The van der Waals surface area contributed by atoms with Crippen LogP contribution in [-0.2, 0) is 0 Å². The highest BCUT2D eigenvalue weighted by atomic mass is 15.1. The van der Waals surface area contributed by atoms with Crippen LogP contribution in [0.3, 0.4) is 0 Å². The highest BCUT2D eigenvalue weighted by Gasteiger charge is 2.14. The first-order valence-corrected chi connectivity index (χ1v) is 12.0. The van der Waals surface area contributed by atoms with E-state index in [1.165, 1.54) is 10.8 Å². The Kier molecular flexibility index (Phi) is 5.00. The Morgan fingerprint density at radius 1 is 0.459 bits per heavy atom. The van der Waals surface area contributed by atoms with E-state index in [4.69, 9.17) is 15.0 Å². The summed E-state index contributed by atoms with van der Waals surface area (Å²) in [7, 11) is 0. The Morgan fingerprint density at radius 2 is 0.973 bits per heavy atom. The molecule has 7 rings (SSSR count). The van der Waals surface area contributed by atoms with Crippen molar-refractivity contribution in [3.05, 3.63) is 122 Å². The number of pyridine rings is 3. The third-order valence-corrected chi connectivity index (χ3v) is 6.43. The number of hydrogen-bond donors (Lipinski definition) is 0. The van der Waals surface area contributed by atoms with Gasteiger partial charge in [-0.1, -0.05) is 48.5 Å². The van der Waals surface area contributed by atoms with Gasteiger partial charge < -0.3 is 0 Å². The number of benzene rings is 2. The molecule has 0 spiro atoms. The maximum absolute atomic E-state index is 4.86. The van der Waals surface area contributed by atoms with Gasteiger partial charge in [-0.15, -0.1) is 0 Å². The van der Waals surface area contributed by atoms with Gasteiger partial charge in [0.2, 0.25) is 5.95 Å². The summed E-state index contributed by atoms with van der Waals surface area (Å²) in [5.74, 6) is 0.630. The second kappa shape index (κ2) is 8.77. The molecule has 0 aliphatic carbocycles. The smallest absolute Gasteiger partial charge is 0.234 e. The van der Waals surface area contributed by atoms with Crippen LogP contribution in [0.5, 0.6) is 0 Å². The van der Waals surface area contributed by atoms with E-state index in [-0.39, 0.29) is 0 Å². The van der Waals surface area contributed by atoms with Gasteiger partial charge >= 0.3 is 0 Å². The maximum atomic E-state index is 4.86. The standard InChI is InChI=1S/C31H20N6/c1-3-13-29-23(9-1)24-10-2-4-14-30(24)37(29)31-34-19-22(20-35-31)21-17-27(25-11-5-7-15-32-25)36-28(18-21)26-12-6-8-16-33-26/h1-20H. The lowest BCUT2D eigenvalue weighted by molar-refractivity contribution is 0.990. The second-order valence-corrected chi connectivity index (χ2v) is 8.70. The fourth-order valence-electron chi connectivity index (χ4n) is 4.71. The molecule has 0 saturated carbocycles. The highest BCUT2D eigenvalue weighted by Crippen LogP contribution is 2.32. The number of fused-ring (bicyclic) bond motifs is 3. The quantitative estimate of drug-likeness (QED) is 0.281. The minimum Gasteiger partial charge on any atom is -0.278 e. The van der Waals surface area contributed by atoms with Crippen LogP contribution >= 0.6 is 0 Å². The highest BCUT2D eigenvalue weighted by molar-refractivity contribution is 6.08. The molecule has 2 aromatic carbocycles. The van der Waals surface area contributed by atoms with E-state index in [2.05, 4.69) is 50.9 Å². The van der Waals surface area contributed by atoms with Crippen molar-refractivity contribution in [2.45, 2.75) is 0 Å². The Morgan fingerprint density at radius 3 is 1.49 bits per heavy atom. The number of aromatic nitrogens is 6. The van der Waals surface area contributed by atoms with E-state index in [0.717, 1.165) is 44.9 Å². The molecule has 0 radical (unpaired) electrons. The van der Waals surface area contributed by atoms with Crippen LogP contribution in [0.4, 0.5) is 0 Å². The topological polar surface area (TPSA) is 69.4 Å². The lowest BCUT2D eigenvalue weighted by Gasteiger charge is -2.10. The Hall–Kier alpha value is -5.23. The van der Waals surface area contributed by atoms with Crippen molar-refractivity contribution < 1.29 is 0 Å². The molecule has 6 nitrogen and oxygen atoms in total. The molecule has 7 aromatic rings. The molecule has 0 fully saturated rings. The molecule has 5 aromatic heterocycles. The lowest BCUT2D eigenvalue weighted by Crippen LogP contribution is -2.01. The van der Waals surface area contributed by atoms with Gasteiger partial charge in [-0.05, 0) is 54.1 Å². The maximum Gasteiger partial charge on any atom is 0.234 e. The van der Waals surface area contributed by atoms with Gasteiger partial charge in [0.1, 0.15) is 0 Å². The number of rotatable bonds is 4. The van der Waals surface area contributed by atoms with Gasteiger partial charge in [0.25, 0.3) is 0 Å². The van der Waals surface area contributed by atoms with Crippen LogP contribution in [-0.4, -0.2) is 29.5 Å². The molecule has 0 N–H and O–H groups in total. The normalized spacial score (nSPS) is 11.2. The van der Waals surface area contributed by atoms with E-state index in [0.29, 0.717) is 5.95 Å². The molecule has 37 heavy (non-hydrogen) atoms. The van der Waals surface area contributed by atoms with Crippen molar-refractivity contribution >= 4 is 21.8 Å². The Bertz CT molecular complexity index is 1750. The van der Waals surface area contributed by atoms with E-state index in [1.54, 1.807) is 12.4 Å². The molecule has 0 aliphatic rings. The number of para-hydroxylation sites is 2. The summed E-state index contributed by atoms with van der Waals surface area (Å²) in [5, 5.41) is 2.36.